The summed E-state index contributed by atoms with van der Waals surface area (Å²) in [5, 5.41) is 6.57. The zero-order valence-electron chi connectivity index (χ0n) is 17.6. The summed E-state index contributed by atoms with van der Waals surface area (Å²) in [6, 6.07) is 12.8. The molecule has 1 aromatic heterocycles. The smallest absolute Gasteiger partial charge is 0.382 e. The molecule has 2 aromatic carbocycles. The van der Waals surface area contributed by atoms with Gasteiger partial charge in [0.1, 0.15) is 5.70 Å². The zero-order valence-corrected chi connectivity index (χ0v) is 17.6. The van der Waals surface area contributed by atoms with Crippen LogP contribution in [-0.2, 0) is 13.2 Å². The van der Waals surface area contributed by atoms with Gasteiger partial charge in [-0.1, -0.05) is 30.3 Å². The lowest BCUT2D eigenvalue weighted by Crippen LogP contribution is -2.29. The van der Waals surface area contributed by atoms with Gasteiger partial charge in [0.05, 0.1) is 11.3 Å². The number of carbonyl (C=O) groups is 2. The van der Waals surface area contributed by atoms with Crippen molar-refractivity contribution in [3.05, 3.63) is 89.4 Å². The fourth-order valence-corrected chi connectivity index (χ4v) is 3.05. The van der Waals surface area contributed by atoms with E-state index in [1.54, 1.807) is 56.4 Å². The molecular formula is C23H21F3N4O2. The lowest BCUT2D eigenvalue weighted by atomic mass is 10.00. The molecule has 0 atom stereocenters. The van der Waals surface area contributed by atoms with Crippen molar-refractivity contribution in [1.29, 1.82) is 0 Å². The van der Waals surface area contributed by atoms with E-state index in [2.05, 4.69) is 10.4 Å². The second-order valence-corrected chi connectivity index (χ2v) is 7.29. The maximum Gasteiger partial charge on any atom is 0.417 e. The van der Waals surface area contributed by atoms with Crippen LogP contribution in [-0.4, -0.2) is 40.5 Å². The summed E-state index contributed by atoms with van der Waals surface area (Å²) in [7, 11) is 4.95. The van der Waals surface area contributed by atoms with Crippen LogP contribution in [0.4, 0.5) is 13.2 Å². The molecular weight excluding hydrogens is 421 g/mol. The number of aromatic nitrogens is 2. The van der Waals surface area contributed by atoms with E-state index in [9.17, 15) is 22.8 Å². The minimum atomic E-state index is -4.62. The summed E-state index contributed by atoms with van der Waals surface area (Å²) in [4.78, 5) is 27.3. The number of hydrogen-bond donors (Lipinski definition) is 1. The zero-order chi connectivity index (χ0) is 23.5. The van der Waals surface area contributed by atoms with Crippen molar-refractivity contribution in [2.24, 2.45) is 7.05 Å². The Morgan fingerprint density at radius 2 is 1.72 bits per heavy atom. The molecule has 9 heteroatoms. The number of rotatable bonds is 6. The van der Waals surface area contributed by atoms with Gasteiger partial charge < -0.3 is 10.2 Å². The number of nitrogens with one attached hydrogen (secondary N) is 1. The molecule has 0 aliphatic carbocycles. The number of Topliss-reactive ketones (excluding diaryl/α,β-unsaturated/α-hetero) is 1. The highest BCUT2D eigenvalue weighted by Crippen LogP contribution is 2.37. The number of allylic oxidation sites excluding steroid dienone is 1. The molecule has 3 rings (SSSR count). The van der Waals surface area contributed by atoms with Crippen molar-refractivity contribution >= 4 is 11.7 Å². The molecule has 0 fully saturated rings. The van der Waals surface area contributed by atoms with E-state index in [0.29, 0.717) is 5.56 Å². The molecule has 0 aliphatic heterocycles. The molecule has 0 aliphatic rings. The number of aryl methyl sites for hydroxylation is 1. The quantitative estimate of drug-likeness (QED) is 0.461. The Morgan fingerprint density at radius 3 is 2.28 bits per heavy atom. The Labute approximate surface area is 183 Å². The van der Waals surface area contributed by atoms with Gasteiger partial charge in [0, 0.05) is 50.2 Å². The fraction of sp³-hybridized carbons (Fsp3) is 0.174. The Morgan fingerprint density at radius 1 is 1.03 bits per heavy atom. The van der Waals surface area contributed by atoms with Crippen molar-refractivity contribution in [3.63, 3.8) is 0 Å². The summed E-state index contributed by atoms with van der Waals surface area (Å²) in [5.41, 5.74) is -0.730. The molecule has 0 saturated carbocycles. The van der Waals surface area contributed by atoms with Crippen LogP contribution in [0.25, 0.3) is 11.3 Å². The van der Waals surface area contributed by atoms with Gasteiger partial charge in [-0.3, -0.25) is 14.3 Å². The van der Waals surface area contributed by atoms with Crippen molar-refractivity contribution in [2.45, 2.75) is 6.18 Å². The van der Waals surface area contributed by atoms with Gasteiger partial charge in [0.2, 0.25) is 5.78 Å². The van der Waals surface area contributed by atoms with E-state index >= 15 is 0 Å². The number of benzene rings is 2. The second kappa shape index (κ2) is 9.09. The van der Waals surface area contributed by atoms with Crippen LogP contribution >= 0.6 is 0 Å². The van der Waals surface area contributed by atoms with Crippen molar-refractivity contribution < 1.29 is 22.8 Å². The summed E-state index contributed by atoms with van der Waals surface area (Å²) >= 11 is 0. The van der Waals surface area contributed by atoms with E-state index in [1.807, 2.05) is 0 Å². The molecule has 1 amide bonds. The lowest BCUT2D eigenvalue weighted by molar-refractivity contribution is -0.137. The van der Waals surface area contributed by atoms with E-state index < -0.39 is 23.4 Å². The van der Waals surface area contributed by atoms with Gasteiger partial charge in [-0.25, -0.2) is 0 Å². The molecule has 0 saturated heterocycles. The average molecular weight is 442 g/mol. The number of carbonyl (C=O) groups excluding carboxylic acids is 2. The highest BCUT2D eigenvalue weighted by molar-refractivity contribution is 6.11. The van der Waals surface area contributed by atoms with Crippen molar-refractivity contribution in [2.75, 3.05) is 14.1 Å². The van der Waals surface area contributed by atoms with Gasteiger partial charge >= 0.3 is 6.18 Å². The second-order valence-electron chi connectivity index (χ2n) is 7.29. The molecule has 166 valence electrons. The SMILES string of the molecule is CN(C)C=C(NC(=O)c1ccc(C(F)(F)F)c(-c2ccn(C)n2)c1)C(=O)c1ccccc1. The highest BCUT2D eigenvalue weighted by Gasteiger charge is 2.34. The highest BCUT2D eigenvalue weighted by atomic mass is 19.4. The number of nitrogens with zero attached hydrogens (tertiary/aromatic N) is 3. The minimum Gasteiger partial charge on any atom is -0.382 e. The number of hydrogen-bond acceptors (Lipinski definition) is 4. The van der Waals surface area contributed by atoms with E-state index in [4.69, 9.17) is 0 Å². The number of amides is 1. The van der Waals surface area contributed by atoms with Crippen LogP contribution in [0.5, 0.6) is 0 Å². The molecule has 1 N–H and O–H groups in total. The molecule has 0 spiro atoms. The first-order chi connectivity index (χ1) is 15.1. The molecule has 0 radical (unpaired) electrons. The molecule has 3 aromatic rings. The molecule has 0 unspecified atom stereocenters. The molecule has 6 nitrogen and oxygen atoms in total. The molecule has 1 heterocycles. The summed E-state index contributed by atoms with van der Waals surface area (Å²) < 4.78 is 42.0. The average Bonchev–Trinajstić information content (AvgIpc) is 3.18. The summed E-state index contributed by atoms with van der Waals surface area (Å²) in [5.74, 6) is -1.14. The third-order valence-electron chi connectivity index (χ3n) is 4.49. The van der Waals surface area contributed by atoms with Crippen LogP contribution in [0.3, 0.4) is 0 Å². The monoisotopic (exact) mass is 442 g/mol. The van der Waals surface area contributed by atoms with Gasteiger partial charge in [-0.2, -0.15) is 18.3 Å². The predicted octanol–water partition coefficient (Wildman–Crippen LogP) is 4.12. The van der Waals surface area contributed by atoms with Gasteiger partial charge in [0.25, 0.3) is 5.91 Å². The van der Waals surface area contributed by atoms with Gasteiger partial charge in [-0.15, -0.1) is 0 Å². The third kappa shape index (κ3) is 5.23. The van der Waals surface area contributed by atoms with Gasteiger partial charge in [0.15, 0.2) is 0 Å². The summed E-state index contributed by atoms with van der Waals surface area (Å²) in [6.07, 6.45) is -1.67. The molecule has 32 heavy (non-hydrogen) atoms. The number of ketones is 1. The largest absolute Gasteiger partial charge is 0.417 e. The normalized spacial score (nSPS) is 11.9. The molecule has 0 bridgehead atoms. The summed E-state index contributed by atoms with van der Waals surface area (Å²) in [6.45, 7) is 0. The first-order valence-corrected chi connectivity index (χ1v) is 9.57. The van der Waals surface area contributed by atoms with E-state index in [-0.39, 0.29) is 22.5 Å². The first-order valence-electron chi connectivity index (χ1n) is 9.57. The Bertz CT molecular complexity index is 1170. The van der Waals surface area contributed by atoms with E-state index in [0.717, 1.165) is 18.2 Å². The van der Waals surface area contributed by atoms with Crippen LogP contribution in [0.15, 0.2) is 72.7 Å². The topological polar surface area (TPSA) is 67.2 Å². The Kier molecular flexibility index (Phi) is 6.47. The van der Waals surface area contributed by atoms with Crippen LogP contribution in [0.2, 0.25) is 0 Å². The number of halogens is 3. The minimum absolute atomic E-state index is 0.00881. The first kappa shape index (κ1) is 22.8. The van der Waals surface area contributed by atoms with Crippen molar-refractivity contribution in [1.82, 2.24) is 20.0 Å². The standard InChI is InChI=1S/C23H21F3N4O2/c1-29(2)14-20(21(31)15-7-5-4-6-8-15)27-22(32)16-9-10-18(23(24,25)26)17(13-16)19-11-12-30(3)28-19/h4-14H,1-3H3,(H,27,32). The fourth-order valence-electron chi connectivity index (χ4n) is 3.05. The number of alkyl halides is 3. The van der Waals surface area contributed by atoms with Crippen molar-refractivity contribution in [3.8, 4) is 11.3 Å². The Hall–Kier alpha value is -3.88. The lowest BCUT2D eigenvalue weighted by Gasteiger charge is -2.15. The van der Waals surface area contributed by atoms with Crippen LogP contribution < -0.4 is 5.32 Å². The predicted molar refractivity (Wildman–Crippen MR) is 114 cm³/mol. The maximum atomic E-state index is 13.5. The maximum absolute atomic E-state index is 13.5. The van der Waals surface area contributed by atoms with Crippen LogP contribution in [0, 0.1) is 0 Å². The Balaban J connectivity index is 1.98. The van der Waals surface area contributed by atoms with Crippen LogP contribution in [0.1, 0.15) is 26.3 Å². The third-order valence-corrected chi connectivity index (χ3v) is 4.49. The van der Waals surface area contributed by atoms with E-state index in [1.165, 1.54) is 23.1 Å². The van der Waals surface area contributed by atoms with Gasteiger partial charge in [-0.05, 0) is 24.3 Å².